The molecule has 3 nitrogen and oxygen atoms in total. The van der Waals surface area contributed by atoms with E-state index in [2.05, 4.69) is 36.1 Å². The second-order valence-corrected chi connectivity index (χ2v) is 5.03. The topological polar surface area (TPSA) is 29.5 Å². The zero-order chi connectivity index (χ0) is 14.4. The molecule has 0 bridgehead atoms. The van der Waals surface area contributed by atoms with Gasteiger partial charge in [0.2, 0.25) is 0 Å². The fourth-order valence-corrected chi connectivity index (χ4v) is 2.16. The quantitative estimate of drug-likeness (QED) is 0.581. The fourth-order valence-electron chi connectivity index (χ4n) is 2.16. The van der Waals surface area contributed by atoms with Crippen molar-refractivity contribution in [3.05, 3.63) is 41.5 Å². The summed E-state index contributed by atoms with van der Waals surface area (Å²) in [5.41, 5.74) is 3.01. The summed E-state index contributed by atoms with van der Waals surface area (Å²) in [6.07, 6.45) is 2.78. The number of carbonyl (C=O) groups is 1. The summed E-state index contributed by atoms with van der Waals surface area (Å²) in [5.74, 6) is 0.153. The van der Waals surface area contributed by atoms with Crippen LogP contribution in [-0.2, 0) is 9.53 Å². The fraction of sp³-hybridized carbons (Fsp3) is 0.438. The number of anilines is 1. The zero-order valence-electron chi connectivity index (χ0n) is 12.4. The number of carbonyl (C=O) groups excluding carboxylic acids is 1. The lowest BCUT2D eigenvalue weighted by atomic mass is 9.95. The number of aldehydes is 1. The van der Waals surface area contributed by atoms with E-state index in [1.165, 1.54) is 0 Å². The Morgan fingerprint density at radius 1 is 1.26 bits per heavy atom. The Morgan fingerprint density at radius 3 is 2.26 bits per heavy atom. The van der Waals surface area contributed by atoms with Crippen LogP contribution in [-0.4, -0.2) is 27.5 Å². The molecule has 3 heteroatoms. The van der Waals surface area contributed by atoms with E-state index < -0.39 is 0 Å². The van der Waals surface area contributed by atoms with Crippen LogP contribution in [0.1, 0.15) is 25.5 Å². The number of ether oxygens (including phenoxy) is 1. The molecular formula is C16H23NO2. The first-order valence-electron chi connectivity index (χ1n) is 6.43. The number of hydrogen-bond donors (Lipinski definition) is 0. The summed E-state index contributed by atoms with van der Waals surface area (Å²) in [4.78, 5) is 12.8. The van der Waals surface area contributed by atoms with E-state index in [9.17, 15) is 4.79 Å². The van der Waals surface area contributed by atoms with Crippen LogP contribution in [0.3, 0.4) is 0 Å². The Morgan fingerprint density at radius 2 is 1.84 bits per heavy atom. The molecule has 0 aromatic heterocycles. The standard InChI is InChI=1S/C16H23NO2/c1-12(11-18)10-13(2)16(19-5)14-6-8-15(9-7-14)17(3)4/h6-11,13,16H,1-5H3/b12-10+. The van der Waals surface area contributed by atoms with Gasteiger partial charge in [0.15, 0.2) is 0 Å². The molecule has 104 valence electrons. The molecule has 1 rings (SSSR count). The van der Waals surface area contributed by atoms with Crippen LogP contribution >= 0.6 is 0 Å². The monoisotopic (exact) mass is 261 g/mol. The average Bonchev–Trinajstić information content (AvgIpc) is 2.40. The second-order valence-electron chi connectivity index (χ2n) is 5.03. The molecule has 0 fully saturated rings. The zero-order valence-corrected chi connectivity index (χ0v) is 12.4. The molecule has 0 aliphatic carbocycles. The van der Waals surface area contributed by atoms with E-state index in [0.29, 0.717) is 0 Å². The average molecular weight is 261 g/mol. The lowest BCUT2D eigenvalue weighted by molar-refractivity contribution is -0.104. The van der Waals surface area contributed by atoms with Gasteiger partial charge in [-0.05, 0) is 30.2 Å². The van der Waals surface area contributed by atoms with Crippen LogP contribution in [0.5, 0.6) is 0 Å². The summed E-state index contributed by atoms with van der Waals surface area (Å²) in [7, 11) is 5.73. The number of hydrogen-bond acceptors (Lipinski definition) is 3. The van der Waals surface area contributed by atoms with E-state index in [1.807, 2.05) is 27.1 Å². The van der Waals surface area contributed by atoms with Crippen LogP contribution < -0.4 is 4.90 Å². The van der Waals surface area contributed by atoms with Gasteiger partial charge in [-0.1, -0.05) is 25.1 Å². The number of rotatable bonds is 6. The molecule has 1 aromatic rings. The Balaban J connectivity index is 2.93. The minimum absolute atomic E-state index is 0.0360. The first-order valence-corrected chi connectivity index (χ1v) is 6.43. The highest BCUT2D eigenvalue weighted by molar-refractivity contribution is 5.72. The lowest BCUT2D eigenvalue weighted by Gasteiger charge is -2.22. The number of allylic oxidation sites excluding steroid dienone is 1. The van der Waals surface area contributed by atoms with Crippen LogP contribution in [0.4, 0.5) is 5.69 Å². The van der Waals surface area contributed by atoms with Crippen molar-refractivity contribution < 1.29 is 9.53 Å². The molecule has 2 atom stereocenters. The minimum Gasteiger partial charge on any atom is -0.378 e. The van der Waals surface area contributed by atoms with Crippen molar-refractivity contribution in [3.63, 3.8) is 0 Å². The second kappa shape index (κ2) is 7.10. The molecule has 19 heavy (non-hydrogen) atoms. The van der Waals surface area contributed by atoms with Gasteiger partial charge in [-0.25, -0.2) is 0 Å². The van der Waals surface area contributed by atoms with Gasteiger partial charge < -0.3 is 9.64 Å². The van der Waals surface area contributed by atoms with Crippen LogP contribution in [0, 0.1) is 5.92 Å². The van der Waals surface area contributed by atoms with Gasteiger partial charge in [-0.3, -0.25) is 4.79 Å². The highest BCUT2D eigenvalue weighted by Crippen LogP contribution is 2.28. The van der Waals surface area contributed by atoms with Crippen molar-refractivity contribution in [2.75, 3.05) is 26.1 Å². The molecule has 0 heterocycles. The summed E-state index contributed by atoms with van der Waals surface area (Å²) < 4.78 is 5.57. The molecule has 0 saturated carbocycles. The van der Waals surface area contributed by atoms with Crippen molar-refractivity contribution in [2.45, 2.75) is 20.0 Å². The smallest absolute Gasteiger partial charge is 0.145 e. The maximum Gasteiger partial charge on any atom is 0.145 e. The third kappa shape index (κ3) is 4.21. The third-order valence-electron chi connectivity index (χ3n) is 3.18. The Kier molecular flexibility index (Phi) is 5.77. The van der Waals surface area contributed by atoms with E-state index in [4.69, 9.17) is 4.74 Å². The number of methoxy groups -OCH3 is 1. The van der Waals surface area contributed by atoms with Crippen molar-refractivity contribution in [1.82, 2.24) is 0 Å². The molecule has 0 aliphatic rings. The molecule has 1 aromatic carbocycles. The molecule has 0 saturated heterocycles. The first kappa shape index (κ1) is 15.4. The van der Waals surface area contributed by atoms with Gasteiger partial charge in [0, 0.05) is 32.8 Å². The maximum atomic E-state index is 10.7. The van der Waals surface area contributed by atoms with E-state index in [0.717, 1.165) is 23.1 Å². The molecular weight excluding hydrogens is 238 g/mol. The Bertz CT molecular complexity index is 435. The summed E-state index contributed by atoms with van der Waals surface area (Å²) in [5, 5.41) is 0. The van der Waals surface area contributed by atoms with Crippen LogP contribution in [0.15, 0.2) is 35.9 Å². The normalized spacial score (nSPS) is 14.9. The maximum absolute atomic E-state index is 10.7. The van der Waals surface area contributed by atoms with Gasteiger partial charge in [0.1, 0.15) is 6.29 Å². The lowest BCUT2D eigenvalue weighted by Crippen LogP contribution is -2.12. The molecule has 0 amide bonds. The van der Waals surface area contributed by atoms with Gasteiger partial charge >= 0.3 is 0 Å². The van der Waals surface area contributed by atoms with E-state index in [-0.39, 0.29) is 12.0 Å². The van der Waals surface area contributed by atoms with Crippen LogP contribution in [0.2, 0.25) is 0 Å². The number of benzene rings is 1. The SMILES string of the molecule is COC(c1ccc(N(C)C)cc1)C(C)/C=C(\C)C=O. The van der Waals surface area contributed by atoms with Crippen LogP contribution in [0.25, 0.3) is 0 Å². The minimum atomic E-state index is -0.0360. The van der Waals surface area contributed by atoms with Crippen molar-refractivity contribution in [3.8, 4) is 0 Å². The highest BCUT2D eigenvalue weighted by Gasteiger charge is 2.17. The largest absolute Gasteiger partial charge is 0.378 e. The predicted octanol–water partition coefficient (Wildman–Crippen LogP) is 3.22. The number of nitrogens with zero attached hydrogens (tertiary/aromatic N) is 1. The van der Waals surface area contributed by atoms with Crippen molar-refractivity contribution in [1.29, 1.82) is 0 Å². The summed E-state index contributed by atoms with van der Waals surface area (Å²) in [6, 6.07) is 8.29. The Hall–Kier alpha value is -1.61. The molecule has 0 N–H and O–H groups in total. The van der Waals surface area contributed by atoms with Crippen molar-refractivity contribution >= 4 is 12.0 Å². The van der Waals surface area contributed by atoms with Gasteiger partial charge in [0.05, 0.1) is 6.10 Å². The summed E-state index contributed by atoms with van der Waals surface area (Å²) >= 11 is 0. The van der Waals surface area contributed by atoms with Gasteiger partial charge in [-0.15, -0.1) is 0 Å². The predicted molar refractivity (Wildman–Crippen MR) is 79.5 cm³/mol. The third-order valence-corrected chi connectivity index (χ3v) is 3.18. The van der Waals surface area contributed by atoms with E-state index >= 15 is 0 Å². The summed E-state index contributed by atoms with van der Waals surface area (Å²) in [6.45, 7) is 3.87. The first-order chi connectivity index (χ1) is 8.99. The van der Waals surface area contributed by atoms with E-state index in [1.54, 1.807) is 7.11 Å². The van der Waals surface area contributed by atoms with Gasteiger partial charge in [0.25, 0.3) is 0 Å². The molecule has 0 radical (unpaired) electrons. The molecule has 0 aliphatic heterocycles. The molecule has 0 spiro atoms. The highest BCUT2D eigenvalue weighted by atomic mass is 16.5. The van der Waals surface area contributed by atoms with Gasteiger partial charge in [-0.2, -0.15) is 0 Å². The molecule has 2 unspecified atom stereocenters. The van der Waals surface area contributed by atoms with Crippen molar-refractivity contribution in [2.24, 2.45) is 5.92 Å². The Labute approximate surface area is 115 Å².